The highest BCUT2D eigenvalue weighted by Crippen LogP contribution is 2.03. The molecule has 0 fully saturated rings. The van der Waals surface area contributed by atoms with Crippen LogP contribution in [0.1, 0.15) is 18.9 Å². The van der Waals surface area contributed by atoms with E-state index in [4.69, 9.17) is 0 Å². The smallest absolute Gasteiger partial charge is 0.209 e. The Labute approximate surface area is 97.6 Å². The topological polar surface area (TPSA) is 20.3 Å². The zero-order chi connectivity index (χ0) is 11.8. The molecule has 86 valence electrons. The van der Waals surface area contributed by atoms with Crippen LogP contribution in [-0.4, -0.2) is 24.4 Å². The molecule has 0 aromatic heterocycles. The molecule has 1 rings (SSSR count). The molecule has 0 bridgehead atoms. The van der Waals surface area contributed by atoms with Crippen LogP contribution in [0.5, 0.6) is 0 Å². The number of aryl methyl sites for hydroxylation is 1. The van der Waals surface area contributed by atoms with Crippen LogP contribution in [0.15, 0.2) is 42.5 Å². The molecule has 16 heavy (non-hydrogen) atoms. The molecule has 0 aliphatic rings. The number of nitrogens with zero attached hydrogens (tertiary/aromatic N) is 1. The van der Waals surface area contributed by atoms with Crippen LogP contribution < -0.4 is 0 Å². The van der Waals surface area contributed by atoms with Gasteiger partial charge in [-0.15, -0.1) is 0 Å². The summed E-state index contributed by atoms with van der Waals surface area (Å²) in [6.07, 6.45) is 2.91. The minimum atomic E-state index is 0.665. The van der Waals surface area contributed by atoms with Gasteiger partial charge in [0.05, 0.1) is 0 Å². The van der Waals surface area contributed by atoms with E-state index >= 15 is 0 Å². The molecule has 0 unspecified atom stereocenters. The van der Waals surface area contributed by atoms with Crippen molar-refractivity contribution in [3.8, 4) is 0 Å². The molecule has 2 heteroatoms. The highest BCUT2D eigenvalue weighted by molar-refractivity contribution is 5.47. The van der Waals surface area contributed by atoms with E-state index in [1.54, 1.807) is 4.90 Å². The molecule has 0 N–H and O–H groups in total. The third-order valence-corrected chi connectivity index (χ3v) is 2.38. The van der Waals surface area contributed by atoms with Crippen LogP contribution in [0.2, 0.25) is 0 Å². The average Bonchev–Trinajstić information content (AvgIpc) is 2.28. The number of carbonyl (C=O) groups excluding carboxylic acids is 1. The summed E-state index contributed by atoms with van der Waals surface area (Å²) in [6, 6.07) is 10.3. The van der Waals surface area contributed by atoms with Crippen molar-refractivity contribution in [3.63, 3.8) is 0 Å². The van der Waals surface area contributed by atoms with Gasteiger partial charge in [0.15, 0.2) is 0 Å². The molecule has 1 aromatic carbocycles. The summed E-state index contributed by atoms with van der Waals surface area (Å²) in [6.45, 7) is 7.21. The van der Waals surface area contributed by atoms with Crippen LogP contribution in [-0.2, 0) is 11.2 Å². The Morgan fingerprint density at radius 3 is 2.62 bits per heavy atom. The zero-order valence-electron chi connectivity index (χ0n) is 9.86. The Balaban J connectivity index is 2.28. The van der Waals surface area contributed by atoms with Crippen molar-refractivity contribution in [2.24, 2.45) is 0 Å². The predicted octanol–water partition coefficient (Wildman–Crippen LogP) is 2.65. The third kappa shape index (κ3) is 4.78. The molecule has 0 aliphatic carbocycles. The summed E-state index contributed by atoms with van der Waals surface area (Å²) in [5, 5.41) is 0. The van der Waals surface area contributed by atoms with Crippen molar-refractivity contribution in [3.05, 3.63) is 48.0 Å². The van der Waals surface area contributed by atoms with Crippen LogP contribution in [0.25, 0.3) is 0 Å². The van der Waals surface area contributed by atoms with E-state index in [1.807, 2.05) is 25.1 Å². The molecule has 0 heterocycles. The number of carbonyl (C=O) groups is 1. The lowest BCUT2D eigenvalue weighted by molar-refractivity contribution is -0.117. The summed E-state index contributed by atoms with van der Waals surface area (Å²) in [5.74, 6) is 0. The number of hydrogen-bond donors (Lipinski definition) is 0. The average molecular weight is 217 g/mol. The lowest BCUT2D eigenvalue weighted by Gasteiger charge is -2.16. The molecule has 1 amide bonds. The van der Waals surface area contributed by atoms with Gasteiger partial charge in [-0.2, -0.15) is 0 Å². The van der Waals surface area contributed by atoms with Crippen molar-refractivity contribution in [2.75, 3.05) is 13.1 Å². The summed E-state index contributed by atoms with van der Waals surface area (Å²) >= 11 is 0. The molecule has 1 aromatic rings. The molecule has 2 nitrogen and oxygen atoms in total. The molecular weight excluding hydrogens is 198 g/mol. The summed E-state index contributed by atoms with van der Waals surface area (Å²) < 4.78 is 0. The van der Waals surface area contributed by atoms with Gasteiger partial charge in [-0.05, 0) is 25.3 Å². The largest absolute Gasteiger partial charge is 0.341 e. The standard InChI is InChI=1S/C14H19NO/c1-13(2)11-15(12-16)10-6-9-14-7-4-3-5-8-14/h3-5,7-8,12H,1,6,9-11H2,2H3. The van der Waals surface area contributed by atoms with E-state index in [0.29, 0.717) is 6.54 Å². The second-order valence-corrected chi connectivity index (χ2v) is 4.12. The van der Waals surface area contributed by atoms with Crippen LogP contribution in [0.4, 0.5) is 0 Å². The highest BCUT2D eigenvalue weighted by atomic mass is 16.1. The second-order valence-electron chi connectivity index (χ2n) is 4.12. The van der Waals surface area contributed by atoms with Crippen molar-refractivity contribution in [1.82, 2.24) is 4.90 Å². The van der Waals surface area contributed by atoms with E-state index in [0.717, 1.165) is 31.4 Å². The fourth-order valence-electron chi connectivity index (χ4n) is 1.65. The van der Waals surface area contributed by atoms with Crippen LogP contribution >= 0.6 is 0 Å². The van der Waals surface area contributed by atoms with Gasteiger partial charge in [0.25, 0.3) is 0 Å². The number of amides is 1. The highest BCUT2D eigenvalue weighted by Gasteiger charge is 2.01. The first-order valence-electron chi connectivity index (χ1n) is 5.60. The number of benzene rings is 1. The minimum Gasteiger partial charge on any atom is -0.341 e. The molecule has 0 radical (unpaired) electrons. The summed E-state index contributed by atoms with van der Waals surface area (Å²) in [5.41, 5.74) is 2.34. The molecule has 0 atom stereocenters. The predicted molar refractivity (Wildman–Crippen MR) is 67.2 cm³/mol. The first kappa shape index (κ1) is 12.5. The van der Waals surface area contributed by atoms with Gasteiger partial charge in [0.1, 0.15) is 0 Å². The van der Waals surface area contributed by atoms with E-state index in [9.17, 15) is 4.79 Å². The van der Waals surface area contributed by atoms with Crippen molar-refractivity contribution in [1.29, 1.82) is 0 Å². The monoisotopic (exact) mass is 217 g/mol. The Bertz CT molecular complexity index is 332. The fourth-order valence-corrected chi connectivity index (χ4v) is 1.65. The van der Waals surface area contributed by atoms with Crippen LogP contribution in [0, 0.1) is 0 Å². The molecule has 0 spiro atoms. The number of rotatable bonds is 7. The maximum Gasteiger partial charge on any atom is 0.209 e. The molecule has 0 saturated carbocycles. The van der Waals surface area contributed by atoms with Crippen molar-refractivity contribution < 1.29 is 4.79 Å². The van der Waals surface area contributed by atoms with Gasteiger partial charge in [-0.3, -0.25) is 4.79 Å². The van der Waals surface area contributed by atoms with E-state index in [2.05, 4.69) is 18.7 Å². The Hall–Kier alpha value is -1.57. The van der Waals surface area contributed by atoms with Crippen molar-refractivity contribution in [2.45, 2.75) is 19.8 Å². The lowest BCUT2D eigenvalue weighted by Crippen LogP contribution is -2.25. The fraction of sp³-hybridized carbons (Fsp3) is 0.357. The quantitative estimate of drug-likeness (QED) is 0.508. The summed E-state index contributed by atoms with van der Waals surface area (Å²) in [4.78, 5) is 12.5. The maximum atomic E-state index is 10.8. The van der Waals surface area contributed by atoms with Crippen LogP contribution in [0.3, 0.4) is 0 Å². The Morgan fingerprint density at radius 2 is 2.06 bits per heavy atom. The Morgan fingerprint density at radius 1 is 1.38 bits per heavy atom. The third-order valence-electron chi connectivity index (χ3n) is 2.38. The van der Waals surface area contributed by atoms with Crippen molar-refractivity contribution >= 4 is 6.41 Å². The van der Waals surface area contributed by atoms with Gasteiger partial charge in [-0.25, -0.2) is 0 Å². The first-order valence-corrected chi connectivity index (χ1v) is 5.60. The molecular formula is C14H19NO. The van der Waals surface area contributed by atoms with Gasteiger partial charge in [-0.1, -0.05) is 42.5 Å². The SMILES string of the molecule is C=C(C)CN(C=O)CCCc1ccccc1. The number of hydrogen-bond acceptors (Lipinski definition) is 1. The lowest BCUT2D eigenvalue weighted by atomic mass is 10.1. The maximum absolute atomic E-state index is 10.8. The molecule has 0 saturated heterocycles. The Kier molecular flexibility index (Phi) is 5.34. The molecule has 0 aliphatic heterocycles. The zero-order valence-corrected chi connectivity index (χ0v) is 9.86. The van der Waals surface area contributed by atoms with Gasteiger partial charge in [0, 0.05) is 13.1 Å². The normalized spacial score (nSPS) is 9.81. The summed E-state index contributed by atoms with van der Waals surface area (Å²) in [7, 11) is 0. The van der Waals surface area contributed by atoms with E-state index < -0.39 is 0 Å². The van der Waals surface area contributed by atoms with E-state index in [-0.39, 0.29) is 0 Å². The first-order chi connectivity index (χ1) is 7.72. The van der Waals surface area contributed by atoms with Gasteiger partial charge >= 0.3 is 0 Å². The van der Waals surface area contributed by atoms with Gasteiger partial charge in [0.2, 0.25) is 6.41 Å². The van der Waals surface area contributed by atoms with Gasteiger partial charge < -0.3 is 4.90 Å². The minimum absolute atomic E-state index is 0.665. The second kappa shape index (κ2) is 6.83. The van der Waals surface area contributed by atoms with E-state index in [1.165, 1.54) is 5.56 Å².